The number of nitrogens with zero attached hydrogens (tertiary/aromatic N) is 2. The summed E-state index contributed by atoms with van der Waals surface area (Å²) in [5, 5.41) is 0.406. The van der Waals surface area contributed by atoms with Crippen LogP contribution in [0.2, 0.25) is 5.15 Å². The molecule has 96 valence electrons. The summed E-state index contributed by atoms with van der Waals surface area (Å²) < 4.78 is 21.1. The van der Waals surface area contributed by atoms with Crippen molar-refractivity contribution in [3.05, 3.63) is 57.9 Å². The predicted molar refractivity (Wildman–Crippen MR) is 72.5 cm³/mol. The smallest absolute Gasteiger partial charge is 0.194 e. The molecule has 0 atom stereocenters. The Morgan fingerprint density at radius 2 is 2.16 bits per heavy atom. The molecule has 0 unspecified atom stereocenters. The first-order valence-corrected chi connectivity index (χ1v) is 6.31. The third-order valence-electron chi connectivity index (χ3n) is 2.77. The third-order valence-corrected chi connectivity index (χ3v) is 3.19. The molecular formula is C13H8ClFN2OS. The number of aromatic nitrogens is 2. The van der Waals surface area contributed by atoms with Gasteiger partial charge in [0, 0.05) is 12.3 Å². The van der Waals surface area contributed by atoms with Gasteiger partial charge in [-0.1, -0.05) is 17.7 Å². The van der Waals surface area contributed by atoms with E-state index in [0.29, 0.717) is 27.9 Å². The van der Waals surface area contributed by atoms with Gasteiger partial charge in [-0.15, -0.1) is 0 Å². The van der Waals surface area contributed by atoms with Gasteiger partial charge in [0.2, 0.25) is 0 Å². The van der Waals surface area contributed by atoms with Gasteiger partial charge in [0.25, 0.3) is 0 Å². The van der Waals surface area contributed by atoms with E-state index in [1.165, 1.54) is 10.6 Å². The van der Waals surface area contributed by atoms with Crippen LogP contribution in [0, 0.1) is 10.7 Å². The molecule has 0 N–H and O–H groups in total. The lowest BCUT2D eigenvalue weighted by Gasteiger charge is -2.12. The minimum absolute atomic E-state index is 0.335. The monoisotopic (exact) mass is 294 g/mol. The number of halogens is 2. The van der Waals surface area contributed by atoms with Crippen LogP contribution in [0.1, 0.15) is 5.56 Å². The van der Waals surface area contributed by atoms with Gasteiger partial charge in [0.05, 0.1) is 12.2 Å². The lowest BCUT2D eigenvalue weighted by atomic mass is 10.2. The zero-order valence-electron chi connectivity index (χ0n) is 9.64. The van der Waals surface area contributed by atoms with Crippen molar-refractivity contribution in [3.8, 4) is 11.5 Å². The molecule has 3 heterocycles. The van der Waals surface area contributed by atoms with Gasteiger partial charge in [-0.3, -0.25) is 0 Å². The minimum Gasteiger partial charge on any atom is -0.444 e. The molecule has 3 nitrogen and oxygen atoms in total. The molecular weight excluding hydrogens is 287 g/mol. The number of rotatable bonds is 2. The SMILES string of the molecule is Fc1ccc2oc(=S)cc-2n1Cc1ccc(Cl)nc1. The van der Waals surface area contributed by atoms with Crippen molar-refractivity contribution in [2.24, 2.45) is 0 Å². The number of hydrogen-bond acceptors (Lipinski definition) is 3. The minimum atomic E-state index is -0.363. The van der Waals surface area contributed by atoms with Crippen molar-refractivity contribution in [2.75, 3.05) is 0 Å². The Morgan fingerprint density at radius 3 is 2.89 bits per heavy atom. The van der Waals surface area contributed by atoms with Crippen LogP contribution >= 0.6 is 23.8 Å². The number of pyridine rings is 2. The molecule has 0 aliphatic carbocycles. The Bertz CT molecular complexity index is 750. The van der Waals surface area contributed by atoms with E-state index in [0.717, 1.165) is 5.56 Å². The standard InChI is InChI=1S/C13H8ClFN2OS/c14-11-3-1-8(6-16-11)7-17-9-5-13(19)18-10(9)2-4-12(17)15/h1-6H,7H2. The van der Waals surface area contributed by atoms with Gasteiger partial charge in [0.1, 0.15) is 5.15 Å². The van der Waals surface area contributed by atoms with Crippen molar-refractivity contribution in [1.82, 2.24) is 9.55 Å². The Balaban J connectivity index is 2.07. The van der Waals surface area contributed by atoms with E-state index in [1.807, 2.05) is 0 Å². The number of fused-ring (bicyclic) bond motifs is 1. The molecule has 6 heteroatoms. The summed E-state index contributed by atoms with van der Waals surface area (Å²) in [6.07, 6.45) is 1.61. The maximum atomic E-state index is 13.9. The second kappa shape index (κ2) is 4.75. The van der Waals surface area contributed by atoms with Crippen LogP contribution in [-0.4, -0.2) is 9.55 Å². The van der Waals surface area contributed by atoms with Crippen molar-refractivity contribution in [2.45, 2.75) is 6.54 Å². The fourth-order valence-electron chi connectivity index (χ4n) is 1.90. The molecule has 0 saturated carbocycles. The molecule has 19 heavy (non-hydrogen) atoms. The largest absolute Gasteiger partial charge is 0.444 e. The van der Waals surface area contributed by atoms with E-state index in [-0.39, 0.29) is 5.95 Å². The van der Waals surface area contributed by atoms with Crippen LogP contribution in [0.3, 0.4) is 0 Å². The molecule has 3 rings (SSSR count). The molecule has 0 bridgehead atoms. The Morgan fingerprint density at radius 1 is 1.32 bits per heavy atom. The quantitative estimate of drug-likeness (QED) is 0.525. The van der Waals surface area contributed by atoms with Crippen molar-refractivity contribution >= 4 is 23.8 Å². The molecule has 2 aliphatic heterocycles. The van der Waals surface area contributed by atoms with Gasteiger partial charge in [-0.05, 0) is 36.0 Å². The van der Waals surface area contributed by atoms with E-state index < -0.39 is 0 Å². The summed E-state index contributed by atoms with van der Waals surface area (Å²) in [5.74, 6) is 0.201. The fraction of sp³-hybridized carbons (Fsp3) is 0.0769. The highest BCUT2D eigenvalue weighted by Gasteiger charge is 2.14. The third kappa shape index (κ3) is 2.39. The normalized spacial score (nSPS) is 11.1. The van der Waals surface area contributed by atoms with Gasteiger partial charge >= 0.3 is 0 Å². The summed E-state index contributed by atoms with van der Waals surface area (Å²) in [6.45, 7) is 0.335. The molecule has 1 aromatic heterocycles. The van der Waals surface area contributed by atoms with E-state index >= 15 is 0 Å². The van der Waals surface area contributed by atoms with E-state index in [2.05, 4.69) is 4.98 Å². The summed E-state index contributed by atoms with van der Waals surface area (Å²) >= 11 is 10.7. The molecule has 0 saturated heterocycles. The summed E-state index contributed by atoms with van der Waals surface area (Å²) in [7, 11) is 0. The van der Waals surface area contributed by atoms with Crippen LogP contribution in [0.15, 0.2) is 40.9 Å². The molecule has 0 amide bonds. The van der Waals surface area contributed by atoms with Crippen LogP contribution in [0.25, 0.3) is 11.5 Å². The van der Waals surface area contributed by atoms with Crippen LogP contribution in [0.4, 0.5) is 4.39 Å². The van der Waals surface area contributed by atoms with Gasteiger partial charge in [-0.2, -0.15) is 4.39 Å². The highest BCUT2D eigenvalue weighted by atomic mass is 35.5. The van der Waals surface area contributed by atoms with Gasteiger partial charge < -0.3 is 8.98 Å². The Kier molecular flexibility index (Phi) is 3.08. The maximum absolute atomic E-state index is 13.9. The summed E-state index contributed by atoms with van der Waals surface area (Å²) in [4.78, 5) is 3.98. The average molecular weight is 295 g/mol. The Hall–Kier alpha value is -1.72. The van der Waals surface area contributed by atoms with E-state index in [1.54, 1.807) is 30.5 Å². The first-order valence-electron chi connectivity index (χ1n) is 5.53. The molecule has 2 aliphatic rings. The average Bonchev–Trinajstić information content (AvgIpc) is 2.76. The fourth-order valence-corrected chi connectivity index (χ4v) is 2.21. The lowest BCUT2D eigenvalue weighted by Crippen LogP contribution is -2.08. The van der Waals surface area contributed by atoms with Crippen LogP contribution in [0.5, 0.6) is 0 Å². The number of furan rings is 1. The van der Waals surface area contributed by atoms with Gasteiger partial charge in [0.15, 0.2) is 16.4 Å². The first-order chi connectivity index (χ1) is 9.13. The van der Waals surface area contributed by atoms with Crippen molar-refractivity contribution in [1.29, 1.82) is 0 Å². The maximum Gasteiger partial charge on any atom is 0.194 e. The number of hydrogen-bond donors (Lipinski definition) is 0. The second-order valence-electron chi connectivity index (χ2n) is 4.05. The highest BCUT2D eigenvalue weighted by Crippen LogP contribution is 2.26. The van der Waals surface area contributed by atoms with E-state index in [9.17, 15) is 4.39 Å². The first kappa shape index (κ1) is 12.3. The lowest BCUT2D eigenvalue weighted by molar-refractivity contribution is 0.497. The van der Waals surface area contributed by atoms with Crippen molar-refractivity contribution in [3.63, 3.8) is 0 Å². The molecule has 0 spiro atoms. The molecule has 0 fully saturated rings. The molecule has 0 radical (unpaired) electrons. The summed E-state index contributed by atoms with van der Waals surface area (Å²) in [5.41, 5.74) is 1.47. The predicted octanol–water partition coefficient (Wildman–Crippen LogP) is 4.15. The summed E-state index contributed by atoms with van der Waals surface area (Å²) in [6, 6.07) is 8.02. The second-order valence-corrected chi connectivity index (χ2v) is 4.84. The topological polar surface area (TPSA) is 31.0 Å². The molecule has 0 aromatic carbocycles. The zero-order valence-corrected chi connectivity index (χ0v) is 11.2. The van der Waals surface area contributed by atoms with Crippen molar-refractivity contribution < 1.29 is 8.81 Å². The molecule has 1 aromatic rings. The zero-order chi connectivity index (χ0) is 13.4. The highest BCUT2D eigenvalue weighted by molar-refractivity contribution is 7.71. The Labute approximate surface area is 118 Å². The van der Waals surface area contributed by atoms with Gasteiger partial charge in [-0.25, -0.2) is 4.98 Å². The van der Waals surface area contributed by atoms with Crippen LogP contribution in [-0.2, 0) is 6.54 Å². The van der Waals surface area contributed by atoms with E-state index in [4.69, 9.17) is 28.2 Å². The van der Waals surface area contributed by atoms with Crippen LogP contribution < -0.4 is 0 Å².